The maximum Gasteiger partial charge on any atom is 0.306 e. The van der Waals surface area contributed by atoms with Crippen LogP contribution in [-0.2, 0) is 14.3 Å². The number of allylic oxidation sites excluding steroid dienone is 18. The van der Waals surface area contributed by atoms with E-state index >= 15 is 0 Å². The Morgan fingerprint density at radius 1 is 0.453 bits per heavy atom. The molecule has 6 nitrogen and oxygen atoms in total. The second-order valence-electron chi connectivity index (χ2n) is 17.4. The third-order valence-electron chi connectivity index (χ3n) is 11.3. The van der Waals surface area contributed by atoms with Crippen molar-refractivity contribution in [1.82, 2.24) is 5.32 Å². The summed E-state index contributed by atoms with van der Waals surface area (Å²) in [6, 6.07) is -0.728. The first-order valence-corrected chi connectivity index (χ1v) is 26.2. The van der Waals surface area contributed by atoms with E-state index in [9.17, 15) is 19.8 Å². The van der Waals surface area contributed by atoms with E-state index in [1.165, 1.54) is 70.6 Å². The number of hydrogen-bond acceptors (Lipinski definition) is 5. The number of esters is 1. The highest BCUT2D eigenvalue weighted by atomic mass is 16.5. The summed E-state index contributed by atoms with van der Waals surface area (Å²) in [4.78, 5) is 26.2. The van der Waals surface area contributed by atoms with Gasteiger partial charge in [0.15, 0.2) is 0 Å². The fraction of sp³-hybridized carbons (Fsp3) is 0.655. The monoisotopic (exact) mass is 888 g/mol. The Kier molecular flexibility index (Phi) is 47.8. The zero-order chi connectivity index (χ0) is 46.7. The molecule has 3 N–H and O–H groups in total. The largest absolute Gasteiger partial charge is 0.462 e. The van der Waals surface area contributed by atoms with Crippen LogP contribution in [0.5, 0.6) is 0 Å². The third kappa shape index (κ3) is 45.1. The molecule has 0 heterocycles. The van der Waals surface area contributed by atoms with Crippen LogP contribution >= 0.6 is 0 Å². The van der Waals surface area contributed by atoms with Crippen molar-refractivity contribution in [1.29, 1.82) is 0 Å². The smallest absolute Gasteiger partial charge is 0.306 e. The standard InChI is InChI=1S/C58H97NO5/c1-4-7-10-13-16-19-22-24-26-28-29-31-33-36-39-42-45-48-51-58(63)64-54(49-46-43-40-37-35-32-30-27-25-23-20-17-14-11-8-5-2)52-57(62)59-55(53-60)56(61)50-47-44-41-38-34-21-18-15-12-9-6-3/h11,14,16-17,19-20,22-32,35,54-56,60-61H,4-10,12-13,15,18,21,33-34,36-53H2,1-3H3,(H,59,62)/b14-11+,19-16+,20-17+,24-22+,25-23+,28-26+,30-27+,31-29+,35-32+. The average Bonchev–Trinajstić information content (AvgIpc) is 3.29. The van der Waals surface area contributed by atoms with Crippen molar-refractivity contribution in [3.8, 4) is 0 Å². The van der Waals surface area contributed by atoms with Crippen molar-refractivity contribution in [2.45, 2.75) is 238 Å². The number of aliphatic hydroxyl groups is 2. The molecule has 0 spiro atoms. The van der Waals surface area contributed by atoms with Crippen molar-refractivity contribution in [3.05, 3.63) is 109 Å². The summed E-state index contributed by atoms with van der Waals surface area (Å²) in [6.45, 7) is 6.32. The molecule has 6 heteroatoms. The van der Waals surface area contributed by atoms with Crippen LogP contribution in [0.15, 0.2) is 109 Å². The van der Waals surface area contributed by atoms with E-state index in [2.05, 4.69) is 99.0 Å². The molecule has 0 aromatic carbocycles. The van der Waals surface area contributed by atoms with Crippen molar-refractivity contribution >= 4 is 11.9 Å². The molecule has 0 saturated carbocycles. The van der Waals surface area contributed by atoms with Gasteiger partial charge in [-0.3, -0.25) is 9.59 Å². The molecular formula is C58H97NO5. The Labute approximate surface area is 394 Å². The first-order valence-electron chi connectivity index (χ1n) is 26.2. The van der Waals surface area contributed by atoms with Crippen LogP contribution < -0.4 is 5.32 Å². The van der Waals surface area contributed by atoms with Crippen LogP contribution in [0.1, 0.15) is 220 Å². The number of amides is 1. The molecule has 3 unspecified atom stereocenters. The highest BCUT2D eigenvalue weighted by Crippen LogP contribution is 2.17. The fourth-order valence-corrected chi connectivity index (χ4v) is 7.29. The van der Waals surface area contributed by atoms with Gasteiger partial charge in [0, 0.05) is 6.42 Å². The number of aliphatic hydroxyl groups excluding tert-OH is 2. The summed E-state index contributed by atoms with van der Waals surface area (Å²) in [5, 5.41) is 23.7. The van der Waals surface area contributed by atoms with Crippen molar-refractivity contribution in [3.63, 3.8) is 0 Å². The Morgan fingerprint density at radius 3 is 1.31 bits per heavy atom. The van der Waals surface area contributed by atoms with E-state index in [0.29, 0.717) is 19.3 Å². The van der Waals surface area contributed by atoms with Crippen molar-refractivity contribution < 1.29 is 24.5 Å². The number of carbonyl (C=O) groups is 2. The number of ether oxygens (including phenoxy) is 1. The lowest BCUT2D eigenvalue weighted by molar-refractivity contribution is -0.151. The molecule has 0 aliphatic rings. The van der Waals surface area contributed by atoms with E-state index in [4.69, 9.17) is 4.74 Å². The molecule has 0 aromatic rings. The van der Waals surface area contributed by atoms with E-state index in [1.807, 2.05) is 36.5 Å². The summed E-state index contributed by atoms with van der Waals surface area (Å²) in [5.41, 5.74) is 0. The second kappa shape index (κ2) is 50.5. The minimum absolute atomic E-state index is 0.0327. The van der Waals surface area contributed by atoms with Gasteiger partial charge in [-0.1, -0.05) is 246 Å². The highest BCUT2D eigenvalue weighted by Gasteiger charge is 2.24. The summed E-state index contributed by atoms with van der Waals surface area (Å²) >= 11 is 0. The second-order valence-corrected chi connectivity index (χ2v) is 17.4. The summed E-state index contributed by atoms with van der Waals surface area (Å²) < 4.78 is 5.91. The molecule has 0 fully saturated rings. The molecule has 0 radical (unpaired) electrons. The lowest BCUT2D eigenvalue weighted by Crippen LogP contribution is -2.46. The van der Waals surface area contributed by atoms with Gasteiger partial charge in [-0.15, -0.1) is 0 Å². The molecule has 0 bridgehead atoms. The number of nitrogens with one attached hydrogen (secondary N) is 1. The van der Waals surface area contributed by atoms with Crippen molar-refractivity contribution in [2.75, 3.05) is 6.61 Å². The minimum atomic E-state index is -0.810. The summed E-state index contributed by atoms with van der Waals surface area (Å²) in [7, 11) is 0. The van der Waals surface area contributed by atoms with Gasteiger partial charge in [-0.05, 0) is 70.6 Å². The topological polar surface area (TPSA) is 95.9 Å². The first-order chi connectivity index (χ1) is 31.5. The van der Waals surface area contributed by atoms with Gasteiger partial charge in [0.2, 0.25) is 5.91 Å². The molecule has 0 aliphatic carbocycles. The van der Waals surface area contributed by atoms with Gasteiger partial charge in [0.1, 0.15) is 6.10 Å². The number of carbonyl (C=O) groups excluding carboxylic acids is 2. The molecule has 0 aliphatic heterocycles. The highest BCUT2D eigenvalue weighted by molar-refractivity contribution is 5.77. The van der Waals surface area contributed by atoms with Gasteiger partial charge in [-0.25, -0.2) is 0 Å². The molecule has 364 valence electrons. The normalized spacial score (nSPS) is 14.1. The fourth-order valence-electron chi connectivity index (χ4n) is 7.29. The number of hydrogen-bond donors (Lipinski definition) is 3. The molecule has 0 aromatic heterocycles. The van der Waals surface area contributed by atoms with Gasteiger partial charge in [0.05, 0.1) is 25.2 Å². The molecular weight excluding hydrogens is 791 g/mol. The van der Waals surface area contributed by atoms with E-state index in [-0.39, 0.29) is 24.9 Å². The predicted molar refractivity (Wildman–Crippen MR) is 277 cm³/mol. The van der Waals surface area contributed by atoms with Crippen LogP contribution in [-0.4, -0.2) is 46.9 Å². The lowest BCUT2D eigenvalue weighted by Gasteiger charge is -2.24. The SMILES string of the molecule is CCC/C=C/C=C/C=C/C=C/C=C/CCCCCC(CC(=O)NC(CO)C(O)CCCCCCCCCCCCC)OC(=O)CCCCCCC/C=C/C=C/C=C/C=C/CCCCC. The maximum atomic E-state index is 13.2. The quantitative estimate of drug-likeness (QED) is 0.0322. The first kappa shape index (κ1) is 60.5. The molecule has 0 saturated heterocycles. The van der Waals surface area contributed by atoms with E-state index in [1.54, 1.807) is 0 Å². The maximum absolute atomic E-state index is 13.2. The Balaban J connectivity index is 4.76. The van der Waals surface area contributed by atoms with E-state index < -0.39 is 18.2 Å². The summed E-state index contributed by atoms with van der Waals surface area (Å²) in [6.07, 6.45) is 68.5. The third-order valence-corrected chi connectivity index (χ3v) is 11.3. The van der Waals surface area contributed by atoms with Crippen molar-refractivity contribution in [2.24, 2.45) is 0 Å². The predicted octanol–water partition coefficient (Wildman–Crippen LogP) is 15.9. The van der Waals surface area contributed by atoms with E-state index in [0.717, 1.165) is 103 Å². The number of unbranched alkanes of at least 4 members (excludes halogenated alkanes) is 22. The molecule has 0 rings (SSSR count). The lowest BCUT2D eigenvalue weighted by atomic mass is 10.0. The van der Waals surface area contributed by atoms with Gasteiger partial charge in [0.25, 0.3) is 0 Å². The van der Waals surface area contributed by atoms with Crippen LogP contribution in [0.25, 0.3) is 0 Å². The van der Waals surface area contributed by atoms with Crippen LogP contribution in [0.4, 0.5) is 0 Å². The molecule has 3 atom stereocenters. The van der Waals surface area contributed by atoms with Crippen LogP contribution in [0.2, 0.25) is 0 Å². The minimum Gasteiger partial charge on any atom is -0.462 e. The van der Waals surface area contributed by atoms with Crippen LogP contribution in [0, 0.1) is 0 Å². The Hall–Kier alpha value is -3.48. The Morgan fingerprint density at radius 2 is 0.828 bits per heavy atom. The zero-order valence-corrected chi connectivity index (χ0v) is 41.4. The van der Waals surface area contributed by atoms with Gasteiger partial charge in [-0.2, -0.15) is 0 Å². The van der Waals surface area contributed by atoms with Gasteiger partial charge >= 0.3 is 5.97 Å². The van der Waals surface area contributed by atoms with Crippen LogP contribution in [0.3, 0.4) is 0 Å². The summed E-state index contributed by atoms with van der Waals surface area (Å²) in [5.74, 6) is -0.551. The molecule has 64 heavy (non-hydrogen) atoms. The molecule has 1 amide bonds. The number of rotatable bonds is 45. The Bertz CT molecular complexity index is 1320. The van der Waals surface area contributed by atoms with Gasteiger partial charge < -0.3 is 20.3 Å². The average molecular weight is 888 g/mol. The zero-order valence-electron chi connectivity index (χ0n) is 41.4.